The molecule has 1 heterocycles. The Hall–Kier alpha value is -2.25. The van der Waals surface area contributed by atoms with E-state index in [4.69, 9.17) is 0 Å². The van der Waals surface area contributed by atoms with Crippen LogP contribution in [-0.4, -0.2) is 37.4 Å². The summed E-state index contributed by atoms with van der Waals surface area (Å²) < 4.78 is 66.0. The summed E-state index contributed by atoms with van der Waals surface area (Å²) in [5.74, 6) is -3.64. The molecule has 0 amide bonds. The minimum Gasteiger partial charge on any atom is -0.297 e. The van der Waals surface area contributed by atoms with Crippen LogP contribution in [0.25, 0.3) is 0 Å². The third-order valence-corrected chi connectivity index (χ3v) is 6.89. The van der Waals surface area contributed by atoms with Crippen LogP contribution in [-0.2, 0) is 25.8 Å². The lowest BCUT2D eigenvalue weighted by Crippen LogP contribution is -2.42. The van der Waals surface area contributed by atoms with Crippen molar-refractivity contribution in [3.8, 4) is 6.07 Å². The Morgan fingerprint density at radius 3 is 2.21 bits per heavy atom. The van der Waals surface area contributed by atoms with Gasteiger partial charge in [-0.15, -0.1) is 0 Å². The fourth-order valence-corrected chi connectivity index (χ4v) is 4.96. The molecule has 1 aliphatic rings. The molecule has 0 N–H and O–H groups in total. The third kappa shape index (κ3) is 4.85. The summed E-state index contributed by atoms with van der Waals surface area (Å²) in [5.41, 5.74) is -1.25. The molecule has 0 spiro atoms. The maximum absolute atomic E-state index is 13.2. The van der Waals surface area contributed by atoms with Gasteiger partial charge in [-0.05, 0) is 25.0 Å². The van der Waals surface area contributed by atoms with E-state index in [1.807, 2.05) is 0 Å². The van der Waals surface area contributed by atoms with Crippen LogP contribution in [0.4, 0.5) is 13.2 Å². The Morgan fingerprint density at radius 1 is 1.17 bits per heavy atom. The molecule has 0 unspecified atom stereocenters. The van der Waals surface area contributed by atoms with Gasteiger partial charge in [0.05, 0.1) is 16.5 Å². The Balaban J connectivity index is 2.18. The van der Waals surface area contributed by atoms with Crippen molar-refractivity contribution in [2.45, 2.75) is 37.8 Å². The average molecular weight is 430 g/mol. The summed E-state index contributed by atoms with van der Waals surface area (Å²) >= 11 is 0. The zero-order chi connectivity index (χ0) is 22.0. The molecular formula is C19H21F3N2O4S. The summed E-state index contributed by atoms with van der Waals surface area (Å²) in [6.07, 6.45) is -4.75. The highest BCUT2D eigenvalue weighted by Gasteiger charge is 2.41. The highest BCUT2D eigenvalue weighted by molar-refractivity contribution is 7.89. The number of sulfonamides is 1. The van der Waals surface area contributed by atoms with Gasteiger partial charge in [-0.25, -0.2) is 8.42 Å². The van der Waals surface area contributed by atoms with E-state index in [1.54, 1.807) is 19.9 Å². The molecule has 1 aromatic rings. The van der Waals surface area contributed by atoms with E-state index in [1.165, 1.54) is 6.07 Å². The van der Waals surface area contributed by atoms with Crippen LogP contribution in [0.15, 0.2) is 29.2 Å². The predicted molar refractivity (Wildman–Crippen MR) is 96.9 cm³/mol. The smallest absolute Gasteiger partial charge is 0.297 e. The molecule has 1 fully saturated rings. The van der Waals surface area contributed by atoms with Crippen LogP contribution >= 0.6 is 0 Å². The zero-order valence-corrected chi connectivity index (χ0v) is 16.8. The number of benzene rings is 1. The monoisotopic (exact) mass is 430 g/mol. The fraction of sp³-hybridized carbons (Fsp3) is 0.526. The normalized spacial score (nSPS) is 17.7. The highest BCUT2D eigenvalue weighted by Crippen LogP contribution is 2.36. The summed E-state index contributed by atoms with van der Waals surface area (Å²) in [5, 5.41) is 9.18. The second-order valence-corrected chi connectivity index (χ2v) is 9.10. The van der Waals surface area contributed by atoms with Gasteiger partial charge in [0.25, 0.3) is 0 Å². The molecular weight excluding hydrogens is 409 g/mol. The zero-order valence-electron chi connectivity index (χ0n) is 15.9. The molecule has 1 atom stereocenters. The summed E-state index contributed by atoms with van der Waals surface area (Å²) in [4.78, 5) is 23.7. The predicted octanol–water partition coefficient (Wildman–Crippen LogP) is 3.04. The number of hydrogen-bond acceptors (Lipinski definition) is 5. The molecule has 0 aliphatic carbocycles. The van der Waals surface area contributed by atoms with Crippen molar-refractivity contribution in [1.29, 1.82) is 5.26 Å². The van der Waals surface area contributed by atoms with Crippen LogP contribution in [0.1, 0.15) is 32.3 Å². The molecule has 1 saturated heterocycles. The fourth-order valence-electron chi connectivity index (χ4n) is 3.28. The van der Waals surface area contributed by atoms with Crippen molar-refractivity contribution < 1.29 is 31.2 Å². The van der Waals surface area contributed by atoms with Gasteiger partial charge in [0.2, 0.25) is 10.0 Å². The number of nitrogens with zero attached hydrogens (tertiary/aromatic N) is 2. The molecule has 29 heavy (non-hydrogen) atoms. The van der Waals surface area contributed by atoms with E-state index in [0.717, 1.165) is 16.4 Å². The standard InChI is InChI=1S/C19H21F3N2O4S/c1-12(2)17(25)14(11-23)18(26)13-7-9-24(10-8-13)29(27,28)16-6-4-3-5-15(16)19(20,21)22/h3-6,12-14H,7-10H2,1-2H3/t14-/m0/s1. The molecule has 0 radical (unpaired) electrons. The number of hydrogen-bond donors (Lipinski definition) is 0. The Kier molecular flexibility index (Phi) is 6.86. The van der Waals surface area contributed by atoms with E-state index in [0.29, 0.717) is 6.07 Å². The largest absolute Gasteiger partial charge is 0.417 e. The van der Waals surface area contributed by atoms with Crippen molar-refractivity contribution >= 4 is 21.6 Å². The van der Waals surface area contributed by atoms with Crippen LogP contribution in [0.5, 0.6) is 0 Å². The first-order valence-electron chi connectivity index (χ1n) is 9.04. The Morgan fingerprint density at radius 2 is 1.72 bits per heavy atom. The van der Waals surface area contributed by atoms with Crippen molar-refractivity contribution in [3.63, 3.8) is 0 Å². The first kappa shape index (κ1) is 23.0. The molecule has 158 valence electrons. The second-order valence-electron chi connectivity index (χ2n) is 7.19. The average Bonchev–Trinajstić information content (AvgIpc) is 2.67. The van der Waals surface area contributed by atoms with Gasteiger partial charge in [0.1, 0.15) is 0 Å². The lowest BCUT2D eigenvalue weighted by molar-refractivity contribution is -0.140. The number of rotatable bonds is 6. The number of nitriles is 1. The SMILES string of the molecule is CC(C)C(=O)[C@H](C#N)C(=O)C1CCN(S(=O)(=O)c2ccccc2C(F)(F)F)CC1. The van der Waals surface area contributed by atoms with Crippen LogP contribution < -0.4 is 0 Å². The van der Waals surface area contributed by atoms with E-state index < -0.39 is 56.0 Å². The molecule has 1 aromatic carbocycles. The number of halogens is 3. The lowest BCUT2D eigenvalue weighted by atomic mass is 9.82. The second kappa shape index (κ2) is 8.63. The van der Waals surface area contributed by atoms with Crippen molar-refractivity contribution in [3.05, 3.63) is 29.8 Å². The number of carbonyl (C=O) groups is 2. The summed E-state index contributed by atoms with van der Waals surface area (Å²) in [6.45, 7) is 2.82. The third-order valence-electron chi connectivity index (χ3n) is 4.93. The highest BCUT2D eigenvalue weighted by atomic mass is 32.2. The van der Waals surface area contributed by atoms with E-state index in [9.17, 15) is 36.4 Å². The van der Waals surface area contributed by atoms with Gasteiger partial charge in [-0.2, -0.15) is 22.7 Å². The van der Waals surface area contributed by atoms with Crippen LogP contribution in [0.3, 0.4) is 0 Å². The van der Waals surface area contributed by atoms with Gasteiger partial charge in [0.15, 0.2) is 17.5 Å². The van der Waals surface area contributed by atoms with Gasteiger partial charge in [-0.1, -0.05) is 26.0 Å². The van der Waals surface area contributed by atoms with Gasteiger partial charge < -0.3 is 0 Å². The first-order chi connectivity index (χ1) is 13.4. The summed E-state index contributed by atoms with van der Waals surface area (Å²) in [6, 6.07) is 5.65. The first-order valence-corrected chi connectivity index (χ1v) is 10.5. The maximum Gasteiger partial charge on any atom is 0.417 e. The molecule has 6 nitrogen and oxygen atoms in total. The minimum atomic E-state index is -4.82. The molecule has 10 heteroatoms. The number of carbonyl (C=O) groups excluding carboxylic acids is 2. The van der Waals surface area contributed by atoms with Gasteiger partial charge in [-0.3, -0.25) is 9.59 Å². The maximum atomic E-state index is 13.2. The Labute approximate surface area is 167 Å². The number of piperidine rings is 1. The van der Waals surface area contributed by atoms with E-state index in [-0.39, 0.29) is 25.9 Å². The topological polar surface area (TPSA) is 95.3 Å². The Bertz CT molecular complexity index is 928. The number of ketones is 2. The molecule has 1 aliphatic heterocycles. The molecule has 0 aromatic heterocycles. The van der Waals surface area contributed by atoms with Crippen molar-refractivity contribution in [1.82, 2.24) is 4.31 Å². The molecule has 0 bridgehead atoms. The van der Waals surface area contributed by atoms with Crippen LogP contribution in [0.2, 0.25) is 0 Å². The van der Waals surface area contributed by atoms with Crippen LogP contribution in [0, 0.1) is 29.1 Å². The number of Topliss-reactive ketones (excluding diaryl/α,β-unsaturated/α-hetero) is 2. The van der Waals surface area contributed by atoms with Gasteiger partial charge >= 0.3 is 6.18 Å². The van der Waals surface area contributed by atoms with Crippen molar-refractivity contribution in [2.24, 2.45) is 17.8 Å². The van der Waals surface area contributed by atoms with Crippen molar-refractivity contribution in [2.75, 3.05) is 13.1 Å². The lowest BCUT2D eigenvalue weighted by Gasteiger charge is -2.31. The van der Waals surface area contributed by atoms with E-state index >= 15 is 0 Å². The molecule has 2 rings (SSSR count). The van der Waals surface area contributed by atoms with Gasteiger partial charge in [0, 0.05) is 24.9 Å². The minimum absolute atomic E-state index is 0.0375. The van der Waals surface area contributed by atoms with E-state index in [2.05, 4.69) is 0 Å². The molecule has 0 saturated carbocycles. The summed E-state index contributed by atoms with van der Waals surface area (Å²) in [7, 11) is -4.41. The quantitative estimate of drug-likeness (QED) is 0.647. The number of alkyl halides is 3.